The molecule has 1 fully saturated rings. The van der Waals surface area contributed by atoms with Gasteiger partial charge in [-0.3, -0.25) is 4.79 Å². The zero-order valence-electron chi connectivity index (χ0n) is 27.7. The van der Waals surface area contributed by atoms with E-state index in [1.54, 1.807) is 0 Å². The number of ether oxygens (including phenoxy) is 4. The molecule has 1 heterocycles. The highest BCUT2D eigenvalue weighted by Gasteiger charge is 2.44. The van der Waals surface area contributed by atoms with E-state index in [9.17, 15) is 25.2 Å². The molecule has 9 heteroatoms. The predicted molar refractivity (Wildman–Crippen MR) is 173 cm³/mol. The molecule has 4 N–H and O–H groups in total. The van der Waals surface area contributed by atoms with Gasteiger partial charge in [-0.1, -0.05) is 102 Å². The highest BCUT2D eigenvalue weighted by Crippen LogP contribution is 2.22. The van der Waals surface area contributed by atoms with Crippen molar-refractivity contribution in [1.82, 2.24) is 0 Å². The van der Waals surface area contributed by atoms with Gasteiger partial charge in [-0.2, -0.15) is 0 Å². The summed E-state index contributed by atoms with van der Waals surface area (Å²) < 4.78 is 22.3. The number of allylic oxidation sites excluding steroid dienone is 4. The average molecular weight is 629 g/mol. The van der Waals surface area contributed by atoms with Gasteiger partial charge in [0.15, 0.2) is 6.29 Å². The molecule has 1 rings (SSSR count). The lowest BCUT2D eigenvalue weighted by atomic mass is 9.99. The van der Waals surface area contributed by atoms with Crippen molar-refractivity contribution in [2.75, 3.05) is 26.4 Å². The van der Waals surface area contributed by atoms with Gasteiger partial charge in [0.05, 0.1) is 19.8 Å². The van der Waals surface area contributed by atoms with Crippen LogP contribution in [0.1, 0.15) is 129 Å². The Morgan fingerprint density at radius 1 is 0.727 bits per heavy atom. The second-order valence-electron chi connectivity index (χ2n) is 12.0. The van der Waals surface area contributed by atoms with Crippen LogP contribution < -0.4 is 0 Å². The second kappa shape index (κ2) is 27.9. The predicted octanol–water partition coefficient (Wildman–Crippen LogP) is 5.91. The third-order valence-corrected chi connectivity index (χ3v) is 7.87. The number of esters is 1. The molecule has 6 atom stereocenters. The van der Waals surface area contributed by atoms with Crippen LogP contribution in [-0.4, -0.2) is 89.6 Å². The third-order valence-electron chi connectivity index (χ3n) is 7.87. The Labute approximate surface area is 267 Å². The van der Waals surface area contributed by atoms with Gasteiger partial charge in [0.2, 0.25) is 0 Å². The van der Waals surface area contributed by atoms with E-state index in [1.165, 1.54) is 77.0 Å². The van der Waals surface area contributed by atoms with Gasteiger partial charge in [0.25, 0.3) is 0 Å². The number of hydrogen-bond donors (Lipinski definition) is 4. The number of carbonyl (C=O) groups is 1. The minimum absolute atomic E-state index is 0.118. The van der Waals surface area contributed by atoms with Crippen molar-refractivity contribution in [2.24, 2.45) is 0 Å². The molecule has 0 bridgehead atoms. The molecule has 1 aliphatic heterocycles. The minimum Gasteiger partial charge on any atom is -0.457 e. The van der Waals surface area contributed by atoms with Gasteiger partial charge in [-0.05, 0) is 44.9 Å². The van der Waals surface area contributed by atoms with Crippen LogP contribution in [0, 0.1) is 0 Å². The van der Waals surface area contributed by atoms with Crippen LogP contribution in [0.2, 0.25) is 0 Å². The average Bonchev–Trinajstić information content (AvgIpc) is 3.02. The monoisotopic (exact) mass is 628 g/mol. The first kappa shape index (κ1) is 40.7. The Bertz CT molecular complexity index is 727. The summed E-state index contributed by atoms with van der Waals surface area (Å²) in [6, 6.07) is 0. The molecule has 0 aromatic heterocycles. The van der Waals surface area contributed by atoms with E-state index in [4.69, 9.17) is 18.9 Å². The molecule has 1 saturated heterocycles. The lowest BCUT2D eigenvalue weighted by Gasteiger charge is -2.39. The van der Waals surface area contributed by atoms with Crippen LogP contribution in [0.4, 0.5) is 0 Å². The van der Waals surface area contributed by atoms with Crippen LogP contribution in [0.3, 0.4) is 0 Å². The summed E-state index contributed by atoms with van der Waals surface area (Å²) >= 11 is 0. The molecule has 0 aromatic carbocycles. The number of hydrogen-bond acceptors (Lipinski definition) is 9. The fourth-order valence-electron chi connectivity index (χ4n) is 5.03. The Morgan fingerprint density at radius 2 is 1.32 bits per heavy atom. The van der Waals surface area contributed by atoms with Gasteiger partial charge in [0, 0.05) is 13.0 Å². The Hall–Kier alpha value is -1.33. The lowest BCUT2D eigenvalue weighted by molar-refractivity contribution is -0.305. The van der Waals surface area contributed by atoms with Crippen LogP contribution in [-0.2, 0) is 23.7 Å². The summed E-state index contributed by atoms with van der Waals surface area (Å²) in [5, 5.41) is 39.5. The first-order valence-electron chi connectivity index (χ1n) is 17.4. The largest absolute Gasteiger partial charge is 0.457 e. The first-order chi connectivity index (χ1) is 21.4. The van der Waals surface area contributed by atoms with Crippen molar-refractivity contribution in [3.8, 4) is 0 Å². The van der Waals surface area contributed by atoms with E-state index in [0.29, 0.717) is 19.4 Å². The fraction of sp³-hybridized carbons (Fsp3) is 0.857. The summed E-state index contributed by atoms with van der Waals surface area (Å²) in [4.78, 5) is 12.2. The molecule has 0 amide bonds. The van der Waals surface area contributed by atoms with Gasteiger partial charge < -0.3 is 39.4 Å². The van der Waals surface area contributed by atoms with Crippen molar-refractivity contribution in [2.45, 2.75) is 166 Å². The molecule has 0 aliphatic carbocycles. The Balaban J connectivity index is 2.14. The maximum absolute atomic E-state index is 12.2. The molecule has 44 heavy (non-hydrogen) atoms. The fourth-order valence-corrected chi connectivity index (χ4v) is 5.03. The highest BCUT2D eigenvalue weighted by molar-refractivity contribution is 5.69. The molecule has 0 aromatic rings. The molecule has 258 valence electrons. The number of aliphatic hydroxyl groups excluding tert-OH is 4. The number of carbonyl (C=O) groups excluding carboxylic acids is 1. The summed E-state index contributed by atoms with van der Waals surface area (Å²) in [6.45, 7) is 4.26. The Morgan fingerprint density at radius 3 is 1.93 bits per heavy atom. The van der Waals surface area contributed by atoms with Crippen LogP contribution in [0.15, 0.2) is 24.3 Å². The number of rotatable bonds is 28. The molecule has 0 radical (unpaired) electrons. The number of aliphatic hydroxyl groups is 4. The quantitative estimate of drug-likeness (QED) is 0.0474. The lowest BCUT2D eigenvalue weighted by Crippen LogP contribution is -2.59. The van der Waals surface area contributed by atoms with Crippen LogP contribution in [0.5, 0.6) is 0 Å². The topological polar surface area (TPSA) is 135 Å². The molecular weight excluding hydrogens is 564 g/mol. The standard InChI is InChI=1S/C35H64O9/c1-3-5-7-8-9-10-11-12-13-14-15-16-17-18-19-20-21-22-23-25-41-27-29(43-31(37)24-6-4-2)28-42-35-34(40)33(39)32(38)30(26-36)44-35/h10-11,13-14,29-30,32-36,38-40H,3-9,12,15-28H2,1-2H3/b11-10-,14-13-. The molecule has 0 spiro atoms. The minimum atomic E-state index is -1.53. The normalized spacial score (nSPS) is 23.1. The van der Waals surface area contributed by atoms with Gasteiger partial charge >= 0.3 is 5.97 Å². The summed E-state index contributed by atoms with van der Waals surface area (Å²) in [5.41, 5.74) is 0. The molecule has 9 nitrogen and oxygen atoms in total. The molecule has 0 saturated carbocycles. The Kier molecular flexibility index (Phi) is 25.8. The van der Waals surface area contributed by atoms with E-state index >= 15 is 0 Å². The molecule has 6 unspecified atom stereocenters. The summed E-state index contributed by atoms with van der Waals surface area (Å²) in [5.74, 6) is -0.352. The van der Waals surface area contributed by atoms with Crippen molar-refractivity contribution < 1.29 is 44.2 Å². The third kappa shape index (κ3) is 19.9. The van der Waals surface area contributed by atoms with E-state index in [0.717, 1.165) is 25.7 Å². The van der Waals surface area contributed by atoms with E-state index in [-0.39, 0.29) is 19.2 Å². The molecular formula is C35H64O9. The van der Waals surface area contributed by atoms with Gasteiger partial charge in [-0.25, -0.2) is 0 Å². The zero-order valence-corrected chi connectivity index (χ0v) is 27.7. The van der Waals surface area contributed by atoms with E-state index in [2.05, 4.69) is 31.2 Å². The van der Waals surface area contributed by atoms with Crippen LogP contribution >= 0.6 is 0 Å². The molecule has 1 aliphatic rings. The maximum Gasteiger partial charge on any atom is 0.306 e. The van der Waals surface area contributed by atoms with Crippen molar-refractivity contribution in [1.29, 1.82) is 0 Å². The summed E-state index contributed by atoms with van der Waals surface area (Å²) in [7, 11) is 0. The number of unbranched alkanes of at least 4 members (excludes halogenated alkanes) is 13. The SMILES string of the molecule is CCCCCC/C=C\C/C=C\CCCCCCCCCCOCC(COC1OC(CO)C(O)C(O)C1O)OC(=O)CCCC. The van der Waals surface area contributed by atoms with Crippen LogP contribution in [0.25, 0.3) is 0 Å². The maximum atomic E-state index is 12.2. The van der Waals surface area contributed by atoms with Crippen molar-refractivity contribution >= 4 is 5.97 Å². The second-order valence-corrected chi connectivity index (χ2v) is 12.0. The van der Waals surface area contributed by atoms with Gasteiger partial charge in [0.1, 0.15) is 30.5 Å². The highest BCUT2D eigenvalue weighted by atomic mass is 16.7. The van der Waals surface area contributed by atoms with Gasteiger partial charge in [-0.15, -0.1) is 0 Å². The zero-order chi connectivity index (χ0) is 32.3. The van der Waals surface area contributed by atoms with Crippen molar-refractivity contribution in [3.05, 3.63) is 24.3 Å². The van der Waals surface area contributed by atoms with E-state index < -0.39 is 43.4 Å². The van der Waals surface area contributed by atoms with Crippen molar-refractivity contribution in [3.63, 3.8) is 0 Å². The smallest absolute Gasteiger partial charge is 0.306 e. The van der Waals surface area contributed by atoms with E-state index in [1.807, 2.05) is 6.92 Å². The first-order valence-corrected chi connectivity index (χ1v) is 17.4. The summed E-state index contributed by atoms with van der Waals surface area (Å²) in [6.07, 6.45) is 21.8.